The second kappa shape index (κ2) is 8.57. The average Bonchev–Trinajstić information content (AvgIpc) is 2.52. The van der Waals surface area contributed by atoms with E-state index >= 15 is 0 Å². The number of benzene rings is 1. The van der Waals surface area contributed by atoms with Crippen LogP contribution in [-0.4, -0.2) is 54.5 Å². The zero-order valence-electron chi connectivity index (χ0n) is 19.0. The Morgan fingerprint density at radius 3 is 2.45 bits per heavy atom. The van der Waals surface area contributed by atoms with E-state index in [1.165, 1.54) is 0 Å². The number of allylic oxidation sites excluding steroid dienone is 1. The van der Waals surface area contributed by atoms with Gasteiger partial charge in [0.1, 0.15) is 5.75 Å². The fourth-order valence-corrected chi connectivity index (χ4v) is 3.78. The highest BCUT2D eigenvalue weighted by Crippen LogP contribution is 2.40. The molecule has 29 heavy (non-hydrogen) atoms. The van der Waals surface area contributed by atoms with E-state index in [2.05, 4.69) is 18.3 Å². The molecule has 0 saturated carbocycles. The molecule has 0 saturated heterocycles. The maximum absolute atomic E-state index is 13.3. The Labute approximate surface area is 174 Å². The molecule has 0 spiro atoms. The number of likely N-dealkylation sites (N-methyl/N-ethyl adjacent to an activating group) is 1. The van der Waals surface area contributed by atoms with Gasteiger partial charge in [-0.05, 0) is 79.3 Å². The second-order valence-electron chi connectivity index (χ2n) is 9.29. The molecule has 2 rings (SSSR count). The molecule has 6 heteroatoms. The molecular formula is C23H35N3O3. The minimum atomic E-state index is -0.462. The van der Waals surface area contributed by atoms with Crippen molar-refractivity contribution in [3.8, 4) is 5.75 Å². The zero-order valence-corrected chi connectivity index (χ0v) is 19.0. The van der Waals surface area contributed by atoms with Gasteiger partial charge >= 0.3 is 0 Å². The van der Waals surface area contributed by atoms with Crippen LogP contribution in [-0.2, 0) is 9.59 Å². The maximum atomic E-state index is 13.3. The summed E-state index contributed by atoms with van der Waals surface area (Å²) in [5, 5.41) is 2.93. The van der Waals surface area contributed by atoms with Crippen LogP contribution in [0.3, 0.4) is 0 Å². The van der Waals surface area contributed by atoms with E-state index in [4.69, 9.17) is 4.74 Å². The Morgan fingerprint density at radius 2 is 1.86 bits per heavy atom. The lowest BCUT2D eigenvalue weighted by atomic mass is 9.88. The topological polar surface area (TPSA) is 61.9 Å². The van der Waals surface area contributed by atoms with Gasteiger partial charge in [0.2, 0.25) is 11.8 Å². The number of hydrogen-bond donors (Lipinski definition) is 1. The third kappa shape index (κ3) is 5.82. The third-order valence-corrected chi connectivity index (χ3v) is 4.67. The van der Waals surface area contributed by atoms with Crippen LogP contribution in [0.15, 0.2) is 24.3 Å². The van der Waals surface area contributed by atoms with E-state index in [9.17, 15) is 9.59 Å². The predicted molar refractivity (Wildman–Crippen MR) is 118 cm³/mol. The normalized spacial score (nSPS) is 15.6. The number of nitrogens with zero attached hydrogens (tertiary/aromatic N) is 2. The number of hydrogen-bond acceptors (Lipinski definition) is 4. The van der Waals surface area contributed by atoms with Crippen LogP contribution in [0, 0.1) is 0 Å². The van der Waals surface area contributed by atoms with Gasteiger partial charge in [-0.3, -0.25) is 14.5 Å². The van der Waals surface area contributed by atoms with Crippen molar-refractivity contribution in [2.75, 3.05) is 31.6 Å². The molecule has 6 nitrogen and oxygen atoms in total. The summed E-state index contributed by atoms with van der Waals surface area (Å²) in [5.74, 6) is 0.653. The van der Waals surface area contributed by atoms with Gasteiger partial charge in [0.25, 0.3) is 0 Å². The van der Waals surface area contributed by atoms with E-state index in [0.29, 0.717) is 6.61 Å². The summed E-state index contributed by atoms with van der Waals surface area (Å²) in [6, 6.07) is 5.83. The van der Waals surface area contributed by atoms with Crippen LogP contribution in [0.1, 0.15) is 54.0 Å². The molecule has 0 atom stereocenters. The van der Waals surface area contributed by atoms with Gasteiger partial charge < -0.3 is 15.0 Å². The Kier molecular flexibility index (Phi) is 6.78. The lowest BCUT2D eigenvalue weighted by Crippen LogP contribution is -2.53. The Hall–Kier alpha value is -2.34. The fraction of sp³-hybridized carbons (Fsp3) is 0.565. The molecule has 0 fully saturated rings. The number of amides is 2. The summed E-state index contributed by atoms with van der Waals surface area (Å²) >= 11 is 0. The highest BCUT2D eigenvalue weighted by atomic mass is 16.5. The van der Waals surface area contributed by atoms with Crippen molar-refractivity contribution in [1.82, 2.24) is 10.2 Å². The number of carbonyl (C=O) groups excluding carboxylic acids is 2. The van der Waals surface area contributed by atoms with Crippen molar-refractivity contribution in [2.45, 2.75) is 59.5 Å². The highest BCUT2D eigenvalue weighted by Gasteiger charge is 2.36. The van der Waals surface area contributed by atoms with Crippen LogP contribution in [0.2, 0.25) is 0 Å². The first-order valence-electron chi connectivity index (χ1n) is 10.1. The number of fused-ring (bicyclic) bond motifs is 1. The zero-order chi connectivity index (χ0) is 22.0. The van der Waals surface area contributed by atoms with Crippen LogP contribution in [0.25, 0.3) is 5.57 Å². The molecule has 160 valence electrons. The molecule has 1 aliphatic heterocycles. The standard InChI is InChI=1S/C23H35N3O3/c1-9-29-17-10-11-19-18(12-17)16(2)13-23(6,7)26(19)21(28)15-25(8)14-20(27)24-22(3,4)5/h10-13H,9,14-15H2,1-8H3,(H,24,27). The van der Waals surface area contributed by atoms with Gasteiger partial charge in [0, 0.05) is 11.1 Å². The average molecular weight is 402 g/mol. The molecule has 2 amide bonds. The Balaban J connectivity index is 2.22. The number of rotatable bonds is 6. The molecule has 1 N–H and O–H groups in total. The summed E-state index contributed by atoms with van der Waals surface area (Å²) in [6.07, 6.45) is 2.11. The second-order valence-corrected chi connectivity index (χ2v) is 9.29. The molecule has 1 aliphatic rings. The first-order chi connectivity index (χ1) is 13.3. The van der Waals surface area contributed by atoms with E-state index in [-0.39, 0.29) is 30.4 Å². The number of ether oxygens (including phenoxy) is 1. The van der Waals surface area contributed by atoms with Gasteiger partial charge in [-0.15, -0.1) is 0 Å². The van der Waals surface area contributed by atoms with Crippen LogP contribution in [0.5, 0.6) is 5.75 Å². The first-order valence-corrected chi connectivity index (χ1v) is 10.1. The maximum Gasteiger partial charge on any atom is 0.241 e. The van der Waals surface area contributed by atoms with E-state index in [0.717, 1.165) is 22.6 Å². The summed E-state index contributed by atoms with van der Waals surface area (Å²) in [7, 11) is 1.79. The molecule has 1 aromatic carbocycles. The quantitative estimate of drug-likeness (QED) is 0.793. The van der Waals surface area contributed by atoms with Crippen molar-refractivity contribution in [1.29, 1.82) is 0 Å². The predicted octanol–water partition coefficient (Wildman–Crippen LogP) is 3.46. The Bertz CT molecular complexity index is 806. The summed E-state index contributed by atoms with van der Waals surface area (Å²) in [6.45, 7) is 14.8. The molecule has 0 aromatic heterocycles. The molecule has 1 aromatic rings. The molecule has 0 radical (unpaired) electrons. The van der Waals surface area contributed by atoms with Gasteiger partial charge in [-0.2, -0.15) is 0 Å². The summed E-state index contributed by atoms with van der Waals surface area (Å²) in [5.41, 5.74) is 2.23. The minimum absolute atomic E-state index is 0.0461. The lowest BCUT2D eigenvalue weighted by molar-refractivity contribution is -0.124. The minimum Gasteiger partial charge on any atom is -0.494 e. The Morgan fingerprint density at radius 1 is 1.21 bits per heavy atom. The van der Waals surface area contributed by atoms with E-state index in [1.54, 1.807) is 11.9 Å². The smallest absolute Gasteiger partial charge is 0.241 e. The SMILES string of the molecule is CCOc1ccc2c(c1)C(C)=CC(C)(C)N2C(=O)CN(C)CC(=O)NC(C)(C)C. The molecule has 0 aliphatic carbocycles. The van der Waals surface area contributed by atoms with Crippen molar-refractivity contribution < 1.29 is 14.3 Å². The summed E-state index contributed by atoms with van der Waals surface area (Å²) in [4.78, 5) is 29.0. The van der Waals surface area contributed by atoms with Crippen molar-refractivity contribution in [3.05, 3.63) is 29.8 Å². The number of carbonyl (C=O) groups is 2. The van der Waals surface area contributed by atoms with Gasteiger partial charge in [-0.25, -0.2) is 0 Å². The van der Waals surface area contributed by atoms with Crippen molar-refractivity contribution in [2.24, 2.45) is 0 Å². The summed E-state index contributed by atoms with van der Waals surface area (Å²) < 4.78 is 5.63. The van der Waals surface area contributed by atoms with Crippen LogP contribution >= 0.6 is 0 Å². The molecule has 0 unspecified atom stereocenters. The van der Waals surface area contributed by atoms with E-state index in [1.807, 2.05) is 64.6 Å². The largest absolute Gasteiger partial charge is 0.494 e. The number of nitrogens with one attached hydrogen (secondary N) is 1. The highest BCUT2D eigenvalue weighted by molar-refractivity contribution is 6.01. The third-order valence-electron chi connectivity index (χ3n) is 4.67. The molecule has 1 heterocycles. The molecular weight excluding hydrogens is 366 g/mol. The number of anilines is 1. The van der Waals surface area contributed by atoms with Crippen LogP contribution in [0.4, 0.5) is 5.69 Å². The first kappa shape index (κ1) is 22.9. The lowest BCUT2D eigenvalue weighted by Gasteiger charge is -2.42. The van der Waals surface area contributed by atoms with Gasteiger partial charge in [0.15, 0.2) is 0 Å². The van der Waals surface area contributed by atoms with Gasteiger partial charge in [0.05, 0.1) is 30.9 Å². The monoisotopic (exact) mass is 401 g/mol. The van der Waals surface area contributed by atoms with Gasteiger partial charge in [-0.1, -0.05) is 6.08 Å². The van der Waals surface area contributed by atoms with E-state index < -0.39 is 5.54 Å². The van der Waals surface area contributed by atoms with Crippen molar-refractivity contribution in [3.63, 3.8) is 0 Å². The molecule has 0 bridgehead atoms. The van der Waals surface area contributed by atoms with Crippen molar-refractivity contribution >= 4 is 23.1 Å². The van der Waals surface area contributed by atoms with Crippen LogP contribution < -0.4 is 15.0 Å². The fourth-order valence-electron chi connectivity index (χ4n) is 3.78.